The van der Waals surface area contributed by atoms with Gasteiger partial charge in [-0.15, -0.1) is 11.3 Å². The fourth-order valence-electron chi connectivity index (χ4n) is 1.43. The third kappa shape index (κ3) is 5.25. The molecule has 0 unspecified atom stereocenters. The number of thiophene rings is 1. The van der Waals surface area contributed by atoms with Gasteiger partial charge >= 0.3 is 0 Å². The molecule has 1 N–H and O–H groups in total. The lowest BCUT2D eigenvalue weighted by Crippen LogP contribution is -2.26. The van der Waals surface area contributed by atoms with Crippen LogP contribution >= 0.6 is 11.3 Å². The van der Waals surface area contributed by atoms with E-state index in [1.807, 2.05) is 31.4 Å². The smallest absolute Gasteiger partial charge is 0.261 e. The van der Waals surface area contributed by atoms with Gasteiger partial charge in [0.15, 0.2) is 0 Å². The molecule has 0 radical (unpaired) electrons. The third-order valence-electron chi connectivity index (χ3n) is 2.50. The number of carbonyl (C=O) groups excluding carboxylic acids is 1. The Balaban J connectivity index is 2.51. The van der Waals surface area contributed by atoms with Gasteiger partial charge in [0.2, 0.25) is 0 Å². The van der Waals surface area contributed by atoms with E-state index in [2.05, 4.69) is 5.32 Å². The molecule has 0 aliphatic rings. The van der Waals surface area contributed by atoms with E-state index in [0.29, 0.717) is 19.8 Å². The fraction of sp³-hybridized carbons (Fsp3) is 0.429. The molecular formula is C14H18N2O2S. The summed E-state index contributed by atoms with van der Waals surface area (Å²) in [5.41, 5.74) is 1.21. The van der Waals surface area contributed by atoms with Crippen molar-refractivity contribution in [2.45, 2.75) is 20.3 Å². The summed E-state index contributed by atoms with van der Waals surface area (Å²) >= 11 is 1.52. The number of hydrogen-bond acceptors (Lipinski definition) is 4. The molecule has 0 aliphatic carbocycles. The van der Waals surface area contributed by atoms with Crippen LogP contribution in [0.3, 0.4) is 0 Å². The summed E-state index contributed by atoms with van der Waals surface area (Å²) in [7, 11) is 0. The van der Waals surface area contributed by atoms with E-state index in [9.17, 15) is 4.79 Å². The van der Waals surface area contributed by atoms with E-state index in [4.69, 9.17) is 10.00 Å². The Morgan fingerprint density at radius 3 is 3.00 bits per heavy atom. The van der Waals surface area contributed by atoms with Gasteiger partial charge in [0, 0.05) is 24.6 Å². The van der Waals surface area contributed by atoms with Crippen molar-refractivity contribution in [3.63, 3.8) is 0 Å². The van der Waals surface area contributed by atoms with Crippen LogP contribution in [0.2, 0.25) is 0 Å². The zero-order valence-corrected chi connectivity index (χ0v) is 12.0. The Hall–Kier alpha value is -1.64. The molecule has 19 heavy (non-hydrogen) atoms. The normalized spacial score (nSPS) is 11.1. The van der Waals surface area contributed by atoms with Crippen LogP contribution < -0.4 is 5.32 Å². The zero-order valence-electron chi connectivity index (χ0n) is 11.2. The van der Waals surface area contributed by atoms with E-state index in [1.165, 1.54) is 11.3 Å². The van der Waals surface area contributed by atoms with Crippen LogP contribution in [0.25, 0.3) is 6.08 Å². The van der Waals surface area contributed by atoms with Crippen LogP contribution in [-0.4, -0.2) is 25.7 Å². The SMILES string of the molecule is CCOCCCNC(=O)/C(C#N)=C/c1sccc1C. The Kier molecular flexibility index (Phi) is 6.86. The summed E-state index contributed by atoms with van der Waals surface area (Å²) in [6.07, 6.45) is 2.38. The van der Waals surface area contributed by atoms with Gasteiger partial charge in [-0.25, -0.2) is 0 Å². The molecule has 0 aliphatic heterocycles. The summed E-state index contributed by atoms with van der Waals surface area (Å²) in [4.78, 5) is 12.8. The molecule has 5 heteroatoms. The van der Waals surface area contributed by atoms with Gasteiger partial charge in [-0.2, -0.15) is 5.26 Å². The number of nitrogens with zero attached hydrogens (tertiary/aromatic N) is 1. The molecule has 1 heterocycles. The molecule has 1 rings (SSSR count). The number of amides is 1. The largest absolute Gasteiger partial charge is 0.382 e. The number of hydrogen-bond donors (Lipinski definition) is 1. The quantitative estimate of drug-likeness (QED) is 0.473. The first-order valence-electron chi connectivity index (χ1n) is 6.20. The maximum absolute atomic E-state index is 11.8. The van der Waals surface area contributed by atoms with Crippen molar-refractivity contribution in [3.05, 3.63) is 27.5 Å². The minimum absolute atomic E-state index is 0.141. The summed E-state index contributed by atoms with van der Waals surface area (Å²) < 4.78 is 5.17. The highest BCUT2D eigenvalue weighted by molar-refractivity contribution is 7.11. The topological polar surface area (TPSA) is 62.1 Å². The van der Waals surface area contributed by atoms with Crippen molar-refractivity contribution in [1.82, 2.24) is 5.32 Å². The zero-order chi connectivity index (χ0) is 14.1. The summed E-state index contributed by atoms with van der Waals surface area (Å²) in [6, 6.07) is 3.91. The number of nitriles is 1. The molecule has 0 aromatic carbocycles. The molecule has 0 bridgehead atoms. The van der Waals surface area contributed by atoms with E-state index in [-0.39, 0.29) is 11.5 Å². The Labute approximate surface area is 117 Å². The molecule has 0 spiro atoms. The van der Waals surface area contributed by atoms with Gasteiger partial charge in [0.1, 0.15) is 11.6 Å². The first-order valence-corrected chi connectivity index (χ1v) is 7.08. The van der Waals surface area contributed by atoms with Crippen LogP contribution in [0.1, 0.15) is 23.8 Å². The molecule has 102 valence electrons. The molecule has 0 saturated carbocycles. The highest BCUT2D eigenvalue weighted by Crippen LogP contribution is 2.18. The predicted octanol–water partition coefficient (Wildman–Crippen LogP) is 2.51. The number of rotatable bonds is 7. The number of aryl methyl sites for hydroxylation is 1. The lowest BCUT2D eigenvalue weighted by atomic mass is 10.2. The van der Waals surface area contributed by atoms with Gasteiger partial charge in [-0.3, -0.25) is 4.79 Å². The second kappa shape index (κ2) is 8.46. The molecule has 1 aromatic heterocycles. The van der Waals surface area contributed by atoms with Gasteiger partial charge in [0.05, 0.1) is 0 Å². The van der Waals surface area contributed by atoms with Crippen molar-refractivity contribution in [2.24, 2.45) is 0 Å². The predicted molar refractivity (Wildman–Crippen MR) is 76.8 cm³/mol. The van der Waals surface area contributed by atoms with Gasteiger partial charge in [-0.05, 0) is 43.4 Å². The second-order valence-corrected chi connectivity index (χ2v) is 4.89. The molecule has 0 saturated heterocycles. The highest BCUT2D eigenvalue weighted by Gasteiger charge is 2.09. The molecular weight excluding hydrogens is 260 g/mol. The number of ether oxygens (including phenoxy) is 1. The average Bonchev–Trinajstić information content (AvgIpc) is 2.81. The van der Waals surface area contributed by atoms with Crippen LogP contribution in [0, 0.1) is 18.3 Å². The van der Waals surface area contributed by atoms with Crippen LogP contribution in [-0.2, 0) is 9.53 Å². The summed E-state index contributed by atoms with van der Waals surface area (Å²) in [5, 5.41) is 13.7. The summed E-state index contributed by atoms with van der Waals surface area (Å²) in [5.74, 6) is -0.327. The molecule has 1 amide bonds. The van der Waals surface area contributed by atoms with Crippen molar-refractivity contribution >= 4 is 23.3 Å². The third-order valence-corrected chi connectivity index (χ3v) is 3.46. The van der Waals surface area contributed by atoms with E-state index >= 15 is 0 Å². The van der Waals surface area contributed by atoms with Crippen LogP contribution in [0.5, 0.6) is 0 Å². The van der Waals surface area contributed by atoms with Crippen LogP contribution in [0.15, 0.2) is 17.0 Å². The van der Waals surface area contributed by atoms with Crippen LogP contribution in [0.4, 0.5) is 0 Å². The minimum Gasteiger partial charge on any atom is -0.382 e. The Morgan fingerprint density at radius 1 is 1.63 bits per heavy atom. The number of carbonyl (C=O) groups is 1. The van der Waals surface area contributed by atoms with E-state index in [0.717, 1.165) is 16.9 Å². The molecule has 4 nitrogen and oxygen atoms in total. The average molecular weight is 278 g/mol. The van der Waals surface area contributed by atoms with Crippen molar-refractivity contribution < 1.29 is 9.53 Å². The molecule has 0 fully saturated rings. The highest BCUT2D eigenvalue weighted by atomic mass is 32.1. The monoisotopic (exact) mass is 278 g/mol. The lowest BCUT2D eigenvalue weighted by Gasteiger charge is -2.04. The van der Waals surface area contributed by atoms with Gasteiger partial charge in [0.25, 0.3) is 5.91 Å². The first kappa shape index (κ1) is 15.4. The first-order chi connectivity index (χ1) is 9.19. The maximum Gasteiger partial charge on any atom is 0.261 e. The van der Waals surface area contributed by atoms with Crippen molar-refractivity contribution in [3.8, 4) is 6.07 Å². The molecule has 0 atom stereocenters. The van der Waals surface area contributed by atoms with Gasteiger partial charge in [-0.1, -0.05) is 0 Å². The molecule has 1 aromatic rings. The minimum atomic E-state index is -0.327. The summed E-state index contributed by atoms with van der Waals surface area (Å²) in [6.45, 7) is 5.69. The fourth-order valence-corrected chi connectivity index (χ4v) is 2.29. The van der Waals surface area contributed by atoms with Gasteiger partial charge < -0.3 is 10.1 Å². The van der Waals surface area contributed by atoms with Crippen molar-refractivity contribution in [1.29, 1.82) is 5.26 Å². The second-order valence-electron chi connectivity index (χ2n) is 3.94. The standard InChI is InChI=1S/C14H18N2O2S/c1-3-18-7-4-6-16-14(17)12(10-15)9-13-11(2)5-8-19-13/h5,8-9H,3-4,6-7H2,1-2H3,(H,16,17)/b12-9+. The lowest BCUT2D eigenvalue weighted by molar-refractivity contribution is -0.117. The Morgan fingerprint density at radius 2 is 2.42 bits per heavy atom. The number of nitrogens with one attached hydrogen (secondary N) is 1. The Bertz CT molecular complexity index is 486. The van der Waals surface area contributed by atoms with Crippen molar-refractivity contribution in [2.75, 3.05) is 19.8 Å². The van der Waals surface area contributed by atoms with E-state index in [1.54, 1.807) is 6.08 Å². The van der Waals surface area contributed by atoms with E-state index < -0.39 is 0 Å². The maximum atomic E-state index is 11.8.